The van der Waals surface area contributed by atoms with Gasteiger partial charge in [0.2, 0.25) is 0 Å². The number of alkyl carbamates (subject to hydrolysis) is 1. The molecular weight excluding hydrogens is 610 g/mol. The normalized spacial score (nSPS) is 25.2. The second-order valence-corrected chi connectivity index (χ2v) is 13.0. The number of hydrogen-bond donors (Lipinski definition) is 3. The van der Waals surface area contributed by atoms with E-state index in [-0.39, 0.29) is 30.4 Å². The van der Waals surface area contributed by atoms with Gasteiger partial charge in [-0.05, 0) is 95.2 Å². The molecule has 0 spiro atoms. The molecule has 3 aliphatic carbocycles. The van der Waals surface area contributed by atoms with Crippen molar-refractivity contribution in [2.45, 2.75) is 127 Å². The molecule has 10 heteroatoms. The first-order chi connectivity index (χ1) is 23.3. The molecule has 0 atom stereocenters. The molecular formula is C38H59N3O7. The summed E-state index contributed by atoms with van der Waals surface area (Å²) in [6.07, 6.45) is 12.2. The van der Waals surface area contributed by atoms with Crippen LogP contribution in [0.4, 0.5) is 9.59 Å². The molecule has 0 aromatic heterocycles. The van der Waals surface area contributed by atoms with Crippen molar-refractivity contribution in [3.8, 4) is 0 Å². The van der Waals surface area contributed by atoms with E-state index in [0.29, 0.717) is 25.4 Å². The Morgan fingerprint density at radius 3 is 1.62 bits per heavy atom. The van der Waals surface area contributed by atoms with E-state index in [9.17, 15) is 14.7 Å². The van der Waals surface area contributed by atoms with Crippen LogP contribution in [-0.2, 0) is 32.2 Å². The number of hydrogen-bond acceptors (Lipinski definition) is 8. The van der Waals surface area contributed by atoms with Crippen molar-refractivity contribution in [3.05, 3.63) is 71.8 Å². The molecule has 0 saturated heterocycles. The Bertz CT molecular complexity index is 1120. The lowest BCUT2D eigenvalue weighted by molar-refractivity contribution is 0.0365. The number of carbonyl (C=O) groups excluding carboxylic acids is 2. The number of aliphatic hydroxyl groups is 1. The molecule has 2 aromatic carbocycles. The largest absolute Gasteiger partial charge is 0.445 e. The van der Waals surface area contributed by atoms with Crippen LogP contribution in [0.1, 0.15) is 88.2 Å². The van der Waals surface area contributed by atoms with Crippen LogP contribution in [0.25, 0.3) is 0 Å². The summed E-state index contributed by atoms with van der Waals surface area (Å²) in [7, 11) is 7.43. The van der Waals surface area contributed by atoms with Crippen molar-refractivity contribution in [1.29, 1.82) is 0 Å². The summed E-state index contributed by atoms with van der Waals surface area (Å²) in [5, 5.41) is 15.5. The number of carbonyl (C=O) groups is 2. The van der Waals surface area contributed by atoms with E-state index in [1.54, 1.807) is 12.0 Å². The van der Waals surface area contributed by atoms with E-state index >= 15 is 0 Å². The molecule has 3 N–H and O–H groups in total. The first kappa shape index (κ1) is 39.3. The maximum Gasteiger partial charge on any atom is 0.410 e. The minimum Gasteiger partial charge on any atom is -0.445 e. The van der Waals surface area contributed by atoms with E-state index in [1.165, 1.54) is 25.7 Å². The van der Waals surface area contributed by atoms with Gasteiger partial charge in [0.05, 0.1) is 18.3 Å². The zero-order chi connectivity index (χ0) is 34.6. The van der Waals surface area contributed by atoms with Gasteiger partial charge in [-0.1, -0.05) is 60.7 Å². The Kier molecular flexibility index (Phi) is 18.4. The first-order valence-corrected chi connectivity index (χ1v) is 17.6. The standard InChI is InChI=1S/C16H23NO3.C14H19NO3.C8H17NO/c1-17(14-8-10-15(19-2)11-9-14)16(18)20-12-13-6-4-3-5-7-13;16-13-8-6-12(7-9-13)15-14(17)18-10-11-4-2-1-3-5-11;1-9-7-3-5-8(10-2)6-4-7/h3-7,14-15H,8-12H2,1-2H3;1-5,12-13,16H,6-10H2,(H,15,17);7-9H,3-6H2,1-2H3. The summed E-state index contributed by atoms with van der Waals surface area (Å²) in [6.45, 7) is 0.624. The second kappa shape index (κ2) is 22.5. The van der Waals surface area contributed by atoms with Crippen molar-refractivity contribution in [2.75, 3.05) is 28.3 Å². The number of benzene rings is 2. The number of amides is 2. The van der Waals surface area contributed by atoms with Crippen molar-refractivity contribution in [2.24, 2.45) is 0 Å². The molecule has 0 bridgehead atoms. The Hall–Kier alpha value is -3.18. The van der Waals surface area contributed by atoms with Gasteiger partial charge in [0.15, 0.2) is 0 Å². The van der Waals surface area contributed by atoms with E-state index in [2.05, 4.69) is 10.6 Å². The van der Waals surface area contributed by atoms with E-state index < -0.39 is 0 Å². The van der Waals surface area contributed by atoms with Crippen LogP contribution in [0, 0.1) is 0 Å². The second-order valence-electron chi connectivity index (χ2n) is 13.0. The van der Waals surface area contributed by atoms with Crippen molar-refractivity contribution in [1.82, 2.24) is 15.5 Å². The molecule has 0 radical (unpaired) electrons. The first-order valence-electron chi connectivity index (χ1n) is 17.6. The van der Waals surface area contributed by atoms with Gasteiger partial charge < -0.3 is 39.6 Å². The van der Waals surface area contributed by atoms with Gasteiger partial charge in [-0.3, -0.25) is 0 Å². The van der Waals surface area contributed by atoms with Crippen LogP contribution in [-0.4, -0.2) is 86.9 Å². The third-order valence-electron chi connectivity index (χ3n) is 9.67. The number of rotatable bonds is 9. The molecule has 3 saturated carbocycles. The Morgan fingerprint density at radius 2 is 1.15 bits per heavy atom. The smallest absolute Gasteiger partial charge is 0.410 e. The average Bonchev–Trinajstić information content (AvgIpc) is 3.15. The summed E-state index contributed by atoms with van der Waals surface area (Å²) in [5.74, 6) is 0. The number of nitrogens with zero attached hydrogens (tertiary/aromatic N) is 1. The minimum absolute atomic E-state index is 0.136. The predicted molar refractivity (Wildman–Crippen MR) is 188 cm³/mol. The zero-order valence-electron chi connectivity index (χ0n) is 29.5. The fourth-order valence-corrected chi connectivity index (χ4v) is 6.38. The molecule has 268 valence electrons. The molecule has 0 aliphatic heterocycles. The highest BCUT2D eigenvalue weighted by molar-refractivity contribution is 5.68. The van der Waals surface area contributed by atoms with Crippen molar-refractivity contribution in [3.63, 3.8) is 0 Å². The van der Waals surface area contributed by atoms with Crippen LogP contribution < -0.4 is 10.6 Å². The van der Waals surface area contributed by atoms with Gasteiger partial charge in [-0.25, -0.2) is 9.59 Å². The molecule has 10 nitrogen and oxygen atoms in total. The molecule has 0 unspecified atom stereocenters. The van der Waals surface area contributed by atoms with Crippen LogP contribution in [0.5, 0.6) is 0 Å². The van der Waals surface area contributed by atoms with Gasteiger partial charge >= 0.3 is 12.2 Å². The number of nitrogens with one attached hydrogen (secondary N) is 2. The fourth-order valence-electron chi connectivity index (χ4n) is 6.38. The van der Waals surface area contributed by atoms with E-state index in [1.807, 2.05) is 81.9 Å². The quantitative estimate of drug-likeness (QED) is 0.274. The number of ether oxygens (including phenoxy) is 4. The molecule has 48 heavy (non-hydrogen) atoms. The molecule has 2 amide bonds. The van der Waals surface area contributed by atoms with Gasteiger partial charge in [-0.15, -0.1) is 0 Å². The van der Waals surface area contributed by atoms with Crippen LogP contribution in [0.2, 0.25) is 0 Å². The Morgan fingerprint density at radius 1 is 0.688 bits per heavy atom. The maximum atomic E-state index is 12.0. The highest BCUT2D eigenvalue weighted by Crippen LogP contribution is 2.25. The third kappa shape index (κ3) is 14.9. The van der Waals surface area contributed by atoms with E-state index in [4.69, 9.17) is 18.9 Å². The summed E-state index contributed by atoms with van der Waals surface area (Å²) < 4.78 is 21.1. The predicted octanol–water partition coefficient (Wildman–Crippen LogP) is 6.59. The maximum absolute atomic E-state index is 12.0. The van der Waals surface area contributed by atoms with Crippen molar-refractivity contribution >= 4 is 12.2 Å². The molecule has 5 rings (SSSR count). The lowest BCUT2D eigenvalue weighted by Gasteiger charge is -2.33. The van der Waals surface area contributed by atoms with Gasteiger partial charge in [0.25, 0.3) is 0 Å². The molecule has 3 aliphatic rings. The average molecular weight is 670 g/mol. The van der Waals surface area contributed by atoms with Gasteiger partial charge in [0, 0.05) is 39.4 Å². The monoisotopic (exact) mass is 669 g/mol. The Balaban J connectivity index is 0.000000206. The Labute approximate surface area is 287 Å². The van der Waals surface area contributed by atoms with Gasteiger partial charge in [0.1, 0.15) is 13.2 Å². The SMILES string of the molecule is CNC1CCC(OC)CC1.COC1CCC(N(C)C(=O)OCc2ccccc2)CC1.O=C(NC1CCC(O)CC1)OCc1ccccc1. The molecule has 2 aromatic rings. The summed E-state index contributed by atoms with van der Waals surface area (Å²) in [6, 6.07) is 20.5. The van der Waals surface area contributed by atoms with Gasteiger partial charge in [-0.2, -0.15) is 0 Å². The molecule has 3 fully saturated rings. The minimum atomic E-state index is -0.375. The lowest BCUT2D eigenvalue weighted by atomic mass is 9.92. The molecule has 0 heterocycles. The highest BCUT2D eigenvalue weighted by Gasteiger charge is 2.27. The third-order valence-corrected chi connectivity index (χ3v) is 9.67. The fraction of sp³-hybridized carbons (Fsp3) is 0.632. The lowest BCUT2D eigenvalue weighted by Crippen LogP contribution is -2.40. The summed E-state index contributed by atoms with van der Waals surface area (Å²) in [5.41, 5.74) is 1.99. The van der Waals surface area contributed by atoms with E-state index in [0.717, 1.165) is 68.5 Å². The van der Waals surface area contributed by atoms with Crippen molar-refractivity contribution < 1.29 is 33.6 Å². The van der Waals surface area contributed by atoms with Crippen LogP contribution >= 0.6 is 0 Å². The number of methoxy groups -OCH3 is 2. The number of aliphatic hydroxyl groups excluding tert-OH is 1. The van der Waals surface area contributed by atoms with Crippen LogP contribution in [0.15, 0.2) is 60.7 Å². The summed E-state index contributed by atoms with van der Waals surface area (Å²) in [4.78, 5) is 25.3. The zero-order valence-corrected chi connectivity index (χ0v) is 29.5. The topological polar surface area (TPSA) is 119 Å². The highest BCUT2D eigenvalue weighted by atomic mass is 16.6. The van der Waals surface area contributed by atoms with Crippen LogP contribution in [0.3, 0.4) is 0 Å². The summed E-state index contributed by atoms with van der Waals surface area (Å²) >= 11 is 0.